The molecule has 1 heteroatoms. The molecule has 0 aromatic rings. The Morgan fingerprint density at radius 3 is 2.31 bits per heavy atom. The molecule has 1 rings (SSSR count). The highest BCUT2D eigenvalue weighted by Crippen LogP contribution is 2.47. The maximum absolute atomic E-state index is 13.9. The van der Waals surface area contributed by atoms with Crippen LogP contribution in [0.1, 0.15) is 53.4 Å². The smallest absolute Gasteiger partial charge is 0.111 e. The van der Waals surface area contributed by atoms with Gasteiger partial charge in [-0.2, -0.15) is 0 Å². The van der Waals surface area contributed by atoms with Crippen molar-refractivity contribution in [3.63, 3.8) is 0 Å². The molecule has 0 bridgehead atoms. The summed E-state index contributed by atoms with van der Waals surface area (Å²) in [5, 5.41) is 0. The third-order valence-electron chi connectivity index (χ3n) is 4.63. The van der Waals surface area contributed by atoms with Crippen LogP contribution < -0.4 is 0 Å². The van der Waals surface area contributed by atoms with E-state index >= 15 is 0 Å². The second-order valence-corrected chi connectivity index (χ2v) is 6.12. The van der Waals surface area contributed by atoms with Gasteiger partial charge < -0.3 is 0 Å². The Hall–Kier alpha value is -0.330. The number of allylic oxidation sites excluding steroid dienone is 1. The largest absolute Gasteiger partial charge is 0.244 e. The molecule has 0 nitrogen and oxygen atoms in total. The van der Waals surface area contributed by atoms with Crippen LogP contribution in [-0.4, -0.2) is 5.67 Å². The average molecular weight is 226 g/mol. The van der Waals surface area contributed by atoms with E-state index in [1.807, 2.05) is 6.08 Å². The predicted octanol–water partition coefficient (Wildman–Crippen LogP) is 5.00. The van der Waals surface area contributed by atoms with E-state index in [0.717, 1.165) is 31.1 Å². The zero-order chi connectivity index (χ0) is 12.3. The van der Waals surface area contributed by atoms with Gasteiger partial charge in [0.25, 0.3) is 0 Å². The highest BCUT2D eigenvalue weighted by Gasteiger charge is 2.46. The lowest BCUT2D eigenvalue weighted by molar-refractivity contribution is -0.0247. The third-order valence-corrected chi connectivity index (χ3v) is 4.63. The van der Waals surface area contributed by atoms with Crippen molar-refractivity contribution in [1.82, 2.24) is 0 Å². The maximum Gasteiger partial charge on any atom is 0.111 e. The molecular formula is C15H27F. The van der Waals surface area contributed by atoms with Crippen LogP contribution in [0.3, 0.4) is 0 Å². The van der Waals surface area contributed by atoms with E-state index in [1.165, 1.54) is 6.42 Å². The minimum absolute atomic E-state index is 0.226. The first-order valence-corrected chi connectivity index (χ1v) is 6.70. The van der Waals surface area contributed by atoms with Gasteiger partial charge in [-0.25, -0.2) is 4.39 Å². The van der Waals surface area contributed by atoms with E-state index in [9.17, 15) is 4.39 Å². The van der Waals surface area contributed by atoms with Gasteiger partial charge in [-0.1, -0.05) is 26.8 Å². The van der Waals surface area contributed by atoms with Crippen LogP contribution in [-0.2, 0) is 0 Å². The topological polar surface area (TPSA) is 0 Å². The molecule has 0 saturated heterocycles. The fraction of sp³-hybridized carbons (Fsp3) is 0.867. The van der Waals surface area contributed by atoms with Crippen molar-refractivity contribution in [2.45, 2.75) is 59.0 Å². The quantitative estimate of drug-likeness (QED) is 0.559. The molecule has 0 spiro atoms. The molecule has 0 heterocycles. The summed E-state index contributed by atoms with van der Waals surface area (Å²) in [7, 11) is 0. The Labute approximate surface area is 100 Å². The second-order valence-electron chi connectivity index (χ2n) is 6.12. The van der Waals surface area contributed by atoms with E-state index in [-0.39, 0.29) is 5.92 Å². The van der Waals surface area contributed by atoms with E-state index in [0.29, 0.717) is 5.92 Å². The molecule has 0 aromatic heterocycles. The van der Waals surface area contributed by atoms with E-state index in [2.05, 4.69) is 27.4 Å². The third kappa shape index (κ3) is 3.09. The van der Waals surface area contributed by atoms with Crippen molar-refractivity contribution in [2.24, 2.45) is 23.7 Å². The van der Waals surface area contributed by atoms with Gasteiger partial charge in [0.1, 0.15) is 5.67 Å². The summed E-state index contributed by atoms with van der Waals surface area (Å²) in [5.41, 5.74) is -0.931. The summed E-state index contributed by atoms with van der Waals surface area (Å²) in [6, 6.07) is 0. The highest BCUT2D eigenvalue weighted by molar-refractivity contribution is 5.01. The summed E-state index contributed by atoms with van der Waals surface area (Å²) < 4.78 is 13.9. The summed E-state index contributed by atoms with van der Waals surface area (Å²) in [6.45, 7) is 12.5. The lowest BCUT2D eigenvalue weighted by Gasteiger charge is -2.44. The summed E-state index contributed by atoms with van der Waals surface area (Å²) >= 11 is 0. The molecule has 0 amide bonds. The summed E-state index contributed by atoms with van der Waals surface area (Å²) in [4.78, 5) is 0. The highest BCUT2D eigenvalue weighted by atomic mass is 19.1. The molecule has 0 N–H and O–H groups in total. The van der Waals surface area contributed by atoms with Crippen LogP contribution in [0.25, 0.3) is 0 Å². The van der Waals surface area contributed by atoms with Gasteiger partial charge in [0.05, 0.1) is 0 Å². The normalized spacial score (nSPS) is 33.2. The van der Waals surface area contributed by atoms with Crippen molar-refractivity contribution in [2.75, 3.05) is 0 Å². The van der Waals surface area contributed by atoms with Gasteiger partial charge in [0.15, 0.2) is 0 Å². The van der Waals surface area contributed by atoms with Crippen LogP contribution in [0.2, 0.25) is 0 Å². The number of rotatable bonds is 6. The molecule has 1 unspecified atom stereocenters. The van der Waals surface area contributed by atoms with Gasteiger partial charge in [-0.15, -0.1) is 6.58 Å². The predicted molar refractivity (Wildman–Crippen MR) is 69.2 cm³/mol. The lowest BCUT2D eigenvalue weighted by Crippen LogP contribution is -2.44. The molecule has 94 valence electrons. The fourth-order valence-corrected chi connectivity index (χ4v) is 2.64. The Morgan fingerprint density at radius 1 is 1.38 bits per heavy atom. The molecule has 1 aliphatic carbocycles. The molecule has 4 atom stereocenters. The molecule has 0 aromatic carbocycles. The van der Waals surface area contributed by atoms with Crippen LogP contribution in [0.5, 0.6) is 0 Å². The van der Waals surface area contributed by atoms with Gasteiger partial charge in [0, 0.05) is 0 Å². The van der Waals surface area contributed by atoms with Gasteiger partial charge in [-0.3, -0.25) is 0 Å². The monoisotopic (exact) mass is 226 g/mol. The number of alkyl halides is 1. The standard InChI is InChI=1S/C15H27F/c1-6-13(8-7-12(4)11(2)3)14-9-10-15(14,5)16/h6,11-14H,1,7-10H2,2-5H3/t12-,13+,14+,15?/m1/s1. The van der Waals surface area contributed by atoms with Crippen molar-refractivity contribution in [3.05, 3.63) is 12.7 Å². The van der Waals surface area contributed by atoms with Crippen LogP contribution in [0, 0.1) is 23.7 Å². The van der Waals surface area contributed by atoms with Crippen molar-refractivity contribution < 1.29 is 4.39 Å². The van der Waals surface area contributed by atoms with Gasteiger partial charge >= 0.3 is 0 Å². The van der Waals surface area contributed by atoms with Crippen LogP contribution in [0.4, 0.5) is 4.39 Å². The van der Waals surface area contributed by atoms with E-state index < -0.39 is 5.67 Å². The zero-order valence-corrected chi connectivity index (χ0v) is 11.3. The summed E-state index contributed by atoms with van der Waals surface area (Å²) in [5.74, 6) is 2.06. The first-order chi connectivity index (χ1) is 7.38. The minimum atomic E-state index is -0.931. The second kappa shape index (κ2) is 5.33. The molecule has 1 fully saturated rings. The van der Waals surface area contributed by atoms with E-state index in [1.54, 1.807) is 6.92 Å². The Balaban J connectivity index is 2.41. The minimum Gasteiger partial charge on any atom is -0.244 e. The maximum atomic E-state index is 13.9. The molecule has 1 aliphatic rings. The molecule has 1 saturated carbocycles. The fourth-order valence-electron chi connectivity index (χ4n) is 2.64. The summed E-state index contributed by atoms with van der Waals surface area (Å²) in [6.07, 6.45) is 6.06. The Morgan fingerprint density at radius 2 is 2.00 bits per heavy atom. The van der Waals surface area contributed by atoms with E-state index in [4.69, 9.17) is 0 Å². The van der Waals surface area contributed by atoms with Crippen molar-refractivity contribution in [1.29, 1.82) is 0 Å². The van der Waals surface area contributed by atoms with Crippen LogP contribution in [0.15, 0.2) is 12.7 Å². The zero-order valence-electron chi connectivity index (χ0n) is 11.3. The molecule has 16 heavy (non-hydrogen) atoms. The lowest BCUT2D eigenvalue weighted by atomic mass is 9.64. The number of hydrogen-bond acceptors (Lipinski definition) is 0. The first kappa shape index (κ1) is 13.7. The molecule has 0 radical (unpaired) electrons. The van der Waals surface area contributed by atoms with Crippen molar-refractivity contribution in [3.8, 4) is 0 Å². The van der Waals surface area contributed by atoms with Crippen LogP contribution >= 0.6 is 0 Å². The van der Waals surface area contributed by atoms with Gasteiger partial charge in [0.2, 0.25) is 0 Å². The Bertz CT molecular complexity index is 230. The van der Waals surface area contributed by atoms with Gasteiger partial charge in [-0.05, 0) is 56.3 Å². The number of hydrogen-bond donors (Lipinski definition) is 0. The molecular weight excluding hydrogens is 199 g/mol. The SMILES string of the molecule is C=C[C@@H](CC[C@@H](C)C(C)C)[C@@H]1CCC1(C)F. The molecule has 0 aliphatic heterocycles. The average Bonchev–Trinajstić information content (AvgIpc) is 2.21. The Kier molecular flexibility index (Phi) is 4.58. The van der Waals surface area contributed by atoms with Crippen molar-refractivity contribution >= 4 is 0 Å². The first-order valence-electron chi connectivity index (χ1n) is 6.70. The number of halogens is 1.